The van der Waals surface area contributed by atoms with Crippen molar-refractivity contribution < 1.29 is 14.5 Å². The third kappa shape index (κ3) is 6.03. The highest BCUT2D eigenvalue weighted by Crippen LogP contribution is 2.23. The first-order valence-corrected chi connectivity index (χ1v) is 10.2. The molecule has 2 aromatic carbocycles. The minimum absolute atomic E-state index is 0.0842. The first-order chi connectivity index (χ1) is 14.2. The zero-order valence-electron chi connectivity index (χ0n) is 17.3. The molecule has 7 nitrogen and oxygen atoms in total. The van der Waals surface area contributed by atoms with E-state index in [1.54, 1.807) is 42.5 Å². The van der Waals surface area contributed by atoms with E-state index in [0.717, 1.165) is 0 Å². The van der Waals surface area contributed by atoms with Gasteiger partial charge in [-0.1, -0.05) is 54.9 Å². The van der Waals surface area contributed by atoms with E-state index < -0.39 is 11.0 Å². The lowest BCUT2D eigenvalue weighted by atomic mass is 10.1. The van der Waals surface area contributed by atoms with Gasteiger partial charge in [0.1, 0.15) is 6.04 Å². The van der Waals surface area contributed by atoms with E-state index in [1.165, 1.54) is 11.0 Å². The summed E-state index contributed by atoms with van der Waals surface area (Å²) in [6, 6.07) is 12.4. The van der Waals surface area contributed by atoms with Gasteiger partial charge < -0.3 is 10.2 Å². The fourth-order valence-electron chi connectivity index (χ4n) is 3.21. The molecule has 0 fully saturated rings. The fraction of sp³-hybridized carbons (Fsp3) is 0.364. The van der Waals surface area contributed by atoms with Gasteiger partial charge in [-0.25, -0.2) is 0 Å². The van der Waals surface area contributed by atoms with E-state index in [-0.39, 0.29) is 36.5 Å². The maximum atomic E-state index is 13.3. The molecule has 160 valence electrons. The van der Waals surface area contributed by atoms with E-state index in [4.69, 9.17) is 11.6 Å². The standard InChI is InChI=1S/C22H26ClN3O4/c1-4-19(22(28)24-15(2)3)25(14-17-10-5-7-11-18(17)23)21(27)13-16-9-6-8-12-20(16)26(29)30/h5-12,15,19H,4,13-14H2,1-3H3,(H,24,28)/t19-/m0/s1. The Morgan fingerprint density at radius 3 is 2.27 bits per heavy atom. The molecule has 0 saturated carbocycles. The summed E-state index contributed by atoms with van der Waals surface area (Å²) in [6.07, 6.45) is 0.207. The number of para-hydroxylation sites is 1. The maximum absolute atomic E-state index is 13.3. The van der Waals surface area contributed by atoms with Gasteiger partial charge in [0, 0.05) is 29.2 Å². The highest BCUT2D eigenvalue weighted by atomic mass is 35.5. The zero-order valence-corrected chi connectivity index (χ0v) is 18.1. The third-order valence-corrected chi connectivity index (χ3v) is 5.01. The fourth-order valence-corrected chi connectivity index (χ4v) is 3.41. The number of nitrogens with one attached hydrogen (secondary N) is 1. The van der Waals surface area contributed by atoms with E-state index >= 15 is 0 Å². The second-order valence-electron chi connectivity index (χ2n) is 7.26. The number of nitro benzene ring substituents is 1. The summed E-state index contributed by atoms with van der Waals surface area (Å²) in [5.41, 5.74) is 0.880. The normalized spacial score (nSPS) is 11.8. The molecule has 0 heterocycles. The van der Waals surface area contributed by atoms with Crippen LogP contribution >= 0.6 is 11.6 Å². The van der Waals surface area contributed by atoms with Gasteiger partial charge in [-0.15, -0.1) is 0 Å². The molecule has 0 spiro atoms. The number of carbonyl (C=O) groups excluding carboxylic acids is 2. The lowest BCUT2D eigenvalue weighted by Gasteiger charge is -2.31. The van der Waals surface area contributed by atoms with Gasteiger partial charge in [0.05, 0.1) is 11.3 Å². The largest absolute Gasteiger partial charge is 0.352 e. The number of nitro groups is 1. The van der Waals surface area contributed by atoms with Crippen molar-refractivity contribution in [2.45, 2.75) is 52.2 Å². The minimum Gasteiger partial charge on any atom is -0.352 e. The summed E-state index contributed by atoms with van der Waals surface area (Å²) in [6.45, 7) is 5.64. The van der Waals surface area contributed by atoms with E-state index in [0.29, 0.717) is 22.6 Å². The molecule has 0 aliphatic heterocycles. The Morgan fingerprint density at radius 1 is 1.10 bits per heavy atom. The Labute approximate surface area is 181 Å². The highest BCUT2D eigenvalue weighted by molar-refractivity contribution is 6.31. The Bertz CT molecular complexity index is 917. The quantitative estimate of drug-likeness (QED) is 0.477. The first kappa shape index (κ1) is 23.3. The van der Waals surface area contributed by atoms with E-state index in [9.17, 15) is 19.7 Å². The van der Waals surface area contributed by atoms with Crippen LogP contribution in [0.5, 0.6) is 0 Å². The molecule has 0 bridgehead atoms. The SMILES string of the molecule is CC[C@@H](C(=O)NC(C)C)N(Cc1ccccc1Cl)C(=O)Cc1ccccc1[N+](=O)[O-]. The van der Waals surface area contributed by atoms with Crippen LogP contribution in [-0.4, -0.2) is 33.7 Å². The summed E-state index contributed by atoms with van der Waals surface area (Å²) in [5, 5.41) is 14.7. The maximum Gasteiger partial charge on any atom is 0.273 e. The van der Waals surface area contributed by atoms with Crippen LogP contribution in [0.4, 0.5) is 5.69 Å². The number of amides is 2. The summed E-state index contributed by atoms with van der Waals surface area (Å²) in [7, 11) is 0. The molecule has 2 aromatic rings. The molecule has 1 atom stereocenters. The van der Waals surface area contributed by atoms with Gasteiger partial charge in [0.25, 0.3) is 5.69 Å². The average molecular weight is 432 g/mol. The van der Waals surface area contributed by atoms with Crippen molar-refractivity contribution in [2.24, 2.45) is 0 Å². The van der Waals surface area contributed by atoms with Gasteiger partial charge in [-0.3, -0.25) is 19.7 Å². The van der Waals surface area contributed by atoms with E-state index in [2.05, 4.69) is 5.32 Å². The zero-order chi connectivity index (χ0) is 22.3. The van der Waals surface area contributed by atoms with Crippen LogP contribution in [0.2, 0.25) is 5.02 Å². The van der Waals surface area contributed by atoms with Gasteiger partial charge in [-0.05, 0) is 31.9 Å². The van der Waals surface area contributed by atoms with Crippen molar-refractivity contribution in [3.63, 3.8) is 0 Å². The first-order valence-electron chi connectivity index (χ1n) is 9.80. The number of hydrogen-bond donors (Lipinski definition) is 1. The lowest BCUT2D eigenvalue weighted by Crippen LogP contribution is -2.50. The molecule has 2 amide bonds. The number of carbonyl (C=O) groups is 2. The van der Waals surface area contributed by atoms with Crippen molar-refractivity contribution in [1.82, 2.24) is 10.2 Å². The Morgan fingerprint density at radius 2 is 1.70 bits per heavy atom. The summed E-state index contributed by atoms with van der Waals surface area (Å²) in [4.78, 5) is 38.3. The topological polar surface area (TPSA) is 92.6 Å². The number of halogens is 1. The monoisotopic (exact) mass is 431 g/mol. The van der Waals surface area contributed by atoms with Crippen molar-refractivity contribution >= 4 is 29.1 Å². The van der Waals surface area contributed by atoms with Crippen LogP contribution in [0.25, 0.3) is 0 Å². The smallest absolute Gasteiger partial charge is 0.273 e. The van der Waals surface area contributed by atoms with Crippen LogP contribution in [0.15, 0.2) is 48.5 Å². The van der Waals surface area contributed by atoms with Crippen LogP contribution < -0.4 is 5.32 Å². The molecule has 0 aliphatic rings. The second kappa shape index (κ2) is 10.7. The van der Waals surface area contributed by atoms with Crippen LogP contribution in [0.1, 0.15) is 38.3 Å². The van der Waals surface area contributed by atoms with Crippen LogP contribution in [0, 0.1) is 10.1 Å². The molecule has 1 N–H and O–H groups in total. The molecule has 8 heteroatoms. The van der Waals surface area contributed by atoms with Gasteiger partial charge in [0.2, 0.25) is 11.8 Å². The number of nitrogens with zero attached hydrogens (tertiary/aromatic N) is 2. The predicted molar refractivity (Wildman–Crippen MR) is 116 cm³/mol. The van der Waals surface area contributed by atoms with Gasteiger partial charge >= 0.3 is 0 Å². The Balaban J connectivity index is 2.39. The summed E-state index contributed by atoms with van der Waals surface area (Å²) in [5.74, 6) is -0.648. The predicted octanol–water partition coefficient (Wildman–Crippen LogP) is 4.12. The molecular weight excluding hydrogens is 406 g/mol. The van der Waals surface area contributed by atoms with Gasteiger partial charge in [0.15, 0.2) is 0 Å². The van der Waals surface area contributed by atoms with E-state index in [1.807, 2.05) is 20.8 Å². The molecule has 2 rings (SSSR count). The molecular formula is C22H26ClN3O4. The summed E-state index contributed by atoms with van der Waals surface area (Å²) >= 11 is 6.28. The lowest BCUT2D eigenvalue weighted by molar-refractivity contribution is -0.385. The highest BCUT2D eigenvalue weighted by Gasteiger charge is 2.30. The van der Waals surface area contributed by atoms with Crippen molar-refractivity contribution in [2.75, 3.05) is 0 Å². The Kier molecular flexibility index (Phi) is 8.35. The summed E-state index contributed by atoms with van der Waals surface area (Å²) < 4.78 is 0. The molecule has 0 saturated heterocycles. The molecule has 0 radical (unpaired) electrons. The number of rotatable bonds is 9. The molecule has 0 unspecified atom stereocenters. The molecule has 0 aromatic heterocycles. The molecule has 0 aliphatic carbocycles. The van der Waals surface area contributed by atoms with Gasteiger partial charge in [-0.2, -0.15) is 0 Å². The Hall–Kier alpha value is -2.93. The van der Waals surface area contributed by atoms with Crippen molar-refractivity contribution in [1.29, 1.82) is 0 Å². The molecule has 30 heavy (non-hydrogen) atoms. The van der Waals surface area contributed by atoms with Crippen LogP contribution in [-0.2, 0) is 22.6 Å². The number of benzene rings is 2. The van der Waals surface area contributed by atoms with Crippen molar-refractivity contribution in [3.8, 4) is 0 Å². The third-order valence-electron chi connectivity index (χ3n) is 4.65. The van der Waals surface area contributed by atoms with Crippen molar-refractivity contribution in [3.05, 3.63) is 74.8 Å². The average Bonchev–Trinajstić information content (AvgIpc) is 2.68. The van der Waals surface area contributed by atoms with Crippen LogP contribution in [0.3, 0.4) is 0 Å². The minimum atomic E-state index is -0.723. The second-order valence-corrected chi connectivity index (χ2v) is 7.67. The number of hydrogen-bond acceptors (Lipinski definition) is 4.